The summed E-state index contributed by atoms with van der Waals surface area (Å²) >= 11 is 5.61. The van der Waals surface area contributed by atoms with Crippen molar-refractivity contribution in [1.29, 1.82) is 0 Å². The van der Waals surface area contributed by atoms with Gasteiger partial charge in [0.05, 0.1) is 12.2 Å². The van der Waals surface area contributed by atoms with Gasteiger partial charge >= 0.3 is 0 Å². The first kappa shape index (κ1) is 11.7. The third-order valence-corrected chi connectivity index (χ3v) is 2.95. The van der Waals surface area contributed by atoms with Crippen LogP contribution < -0.4 is 4.74 Å². The minimum absolute atomic E-state index is 0.398. The van der Waals surface area contributed by atoms with Crippen molar-refractivity contribution in [3.8, 4) is 5.75 Å². The van der Waals surface area contributed by atoms with Gasteiger partial charge in [0.15, 0.2) is 0 Å². The highest BCUT2D eigenvalue weighted by atomic mass is 35.5. The first-order chi connectivity index (χ1) is 7.79. The van der Waals surface area contributed by atoms with Crippen LogP contribution in [0.15, 0.2) is 24.3 Å². The molecule has 0 amide bonds. The van der Waals surface area contributed by atoms with Crippen molar-refractivity contribution < 1.29 is 9.84 Å². The summed E-state index contributed by atoms with van der Waals surface area (Å²) in [6.07, 6.45) is 3.81. The monoisotopic (exact) mass is 240 g/mol. The third kappa shape index (κ3) is 3.39. The number of hydrogen-bond acceptors (Lipinski definition) is 2. The maximum atomic E-state index is 9.91. The quantitative estimate of drug-likeness (QED) is 0.774. The lowest BCUT2D eigenvalue weighted by molar-refractivity contribution is 0.166. The SMILES string of the molecule is OC(CCCCl)c1cccc(OC2CC2)c1. The molecule has 1 aromatic carbocycles. The van der Waals surface area contributed by atoms with Crippen LogP contribution in [0.4, 0.5) is 0 Å². The fourth-order valence-electron chi connectivity index (χ4n) is 1.61. The normalized spacial score (nSPS) is 17.1. The van der Waals surface area contributed by atoms with E-state index in [1.165, 1.54) is 0 Å². The van der Waals surface area contributed by atoms with Gasteiger partial charge in [0, 0.05) is 5.88 Å². The van der Waals surface area contributed by atoms with Crippen LogP contribution in [0.5, 0.6) is 5.75 Å². The Bertz CT molecular complexity index is 336. The number of benzene rings is 1. The van der Waals surface area contributed by atoms with Gasteiger partial charge in [-0.3, -0.25) is 0 Å². The molecule has 0 heterocycles. The van der Waals surface area contributed by atoms with Gasteiger partial charge in [0.1, 0.15) is 5.75 Å². The molecule has 16 heavy (non-hydrogen) atoms. The molecule has 1 aromatic rings. The Morgan fingerprint density at radius 2 is 2.25 bits per heavy atom. The number of aliphatic hydroxyl groups is 1. The molecule has 0 radical (unpaired) electrons. The van der Waals surface area contributed by atoms with Gasteiger partial charge < -0.3 is 9.84 Å². The second-order valence-corrected chi connectivity index (χ2v) is 4.61. The largest absolute Gasteiger partial charge is 0.490 e. The molecule has 1 N–H and O–H groups in total. The molecule has 2 rings (SSSR count). The molecule has 0 aromatic heterocycles. The lowest BCUT2D eigenvalue weighted by atomic mass is 10.1. The Balaban J connectivity index is 1.96. The molecule has 2 nitrogen and oxygen atoms in total. The molecule has 0 aliphatic heterocycles. The van der Waals surface area contributed by atoms with Crippen molar-refractivity contribution in [3.05, 3.63) is 29.8 Å². The van der Waals surface area contributed by atoms with Crippen molar-refractivity contribution in [2.75, 3.05) is 5.88 Å². The molecule has 1 unspecified atom stereocenters. The highest BCUT2D eigenvalue weighted by molar-refractivity contribution is 6.17. The van der Waals surface area contributed by atoms with Gasteiger partial charge in [-0.1, -0.05) is 12.1 Å². The molecular formula is C13H17ClO2. The average Bonchev–Trinajstić information content (AvgIpc) is 3.10. The van der Waals surface area contributed by atoms with Crippen LogP contribution >= 0.6 is 11.6 Å². The average molecular weight is 241 g/mol. The third-order valence-electron chi connectivity index (χ3n) is 2.68. The molecule has 1 saturated carbocycles. The lowest BCUT2D eigenvalue weighted by Crippen LogP contribution is -2.00. The highest BCUT2D eigenvalue weighted by Crippen LogP contribution is 2.29. The van der Waals surface area contributed by atoms with E-state index >= 15 is 0 Å². The molecule has 1 aliphatic rings. The fourth-order valence-corrected chi connectivity index (χ4v) is 1.76. The summed E-state index contributed by atoms with van der Waals surface area (Å²) in [7, 11) is 0. The van der Waals surface area contributed by atoms with E-state index in [1.807, 2.05) is 24.3 Å². The molecule has 1 atom stereocenters. The van der Waals surface area contributed by atoms with Gasteiger partial charge in [-0.05, 0) is 43.4 Å². The van der Waals surface area contributed by atoms with Gasteiger partial charge in [0.25, 0.3) is 0 Å². The number of alkyl halides is 1. The molecule has 0 spiro atoms. The van der Waals surface area contributed by atoms with Crippen molar-refractivity contribution in [3.63, 3.8) is 0 Å². The van der Waals surface area contributed by atoms with E-state index in [0.29, 0.717) is 18.4 Å². The summed E-state index contributed by atoms with van der Waals surface area (Å²) in [6.45, 7) is 0. The molecule has 1 fully saturated rings. The number of rotatable bonds is 6. The maximum absolute atomic E-state index is 9.91. The Labute approximate surface area is 101 Å². The van der Waals surface area contributed by atoms with E-state index in [0.717, 1.165) is 30.6 Å². The van der Waals surface area contributed by atoms with Crippen LogP contribution in [0, 0.1) is 0 Å². The number of hydrogen-bond donors (Lipinski definition) is 1. The summed E-state index contributed by atoms with van der Waals surface area (Å²) in [5.41, 5.74) is 0.920. The van der Waals surface area contributed by atoms with Crippen molar-refractivity contribution in [2.45, 2.75) is 37.9 Å². The van der Waals surface area contributed by atoms with E-state index in [-0.39, 0.29) is 0 Å². The molecular weight excluding hydrogens is 224 g/mol. The smallest absolute Gasteiger partial charge is 0.120 e. The van der Waals surface area contributed by atoms with E-state index in [1.54, 1.807) is 0 Å². The zero-order valence-corrected chi connectivity index (χ0v) is 9.99. The second kappa shape index (κ2) is 5.55. The summed E-state index contributed by atoms with van der Waals surface area (Å²) in [5, 5.41) is 9.91. The van der Waals surface area contributed by atoms with Crippen molar-refractivity contribution >= 4 is 11.6 Å². The first-order valence-corrected chi connectivity index (χ1v) is 6.33. The first-order valence-electron chi connectivity index (χ1n) is 5.80. The predicted molar refractivity (Wildman–Crippen MR) is 65.0 cm³/mol. The van der Waals surface area contributed by atoms with Gasteiger partial charge in [0.2, 0.25) is 0 Å². The lowest BCUT2D eigenvalue weighted by Gasteiger charge is -2.12. The Morgan fingerprint density at radius 1 is 1.44 bits per heavy atom. The van der Waals surface area contributed by atoms with Crippen LogP contribution in [0.1, 0.15) is 37.4 Å². The summed E-state index contributed by atoms with van der Waals surface area (Å²) in [6, 6.07) is 7.73. The molecule has 1 aliphatic carbocycles. The summed E-state index contributed by atoms with van der Waals surface area (Å²) in [4.78, 5) is 0. The van der Waals surface area contributed by atoms with E-state index in [9.17, 15) is 5.11 Å². The summed E-state index contributed by atoms with van der Waals surface area (Å²) in [5.74, 6) is 1.46. The van der Waals surface area contributed by atoms with Crippen LogP contribution in [0.2, 0.25) is 0 Å². The standard InChI is InChI=1S/C13H17ClO2/c14-8-2-5-13(15)10-3-1-4-12(9-10)16-11-6-7-11/h1,3-4,9,11,13,15H,2,5-8H2. The van der Waals surface area contributed by atoms with Crippen LogP contribution in [0.3, 0.4) is 0 Å². The van der Waals surface area contributed by atoms with E-state index < -0.39 is 6.10 Å². The number of aliphatic hydroxyl groups excluding tert-OH is 1. The van der Waals surface area contributed by atoms with E-state index in [2.05, 4.69) is 0 Å². The zero-order valence-electron chi connectivity index (χ0n) is 9.23. The minimum Gasteiger partial charge on any atom is -0.490 e. The Kier molecular flexibility index (Phi) is 4.08. The zero-order chi connectivity index (χ0) is 11.4. The predicted octanol–water partition coefficient (Wildman–Crippen LogP) is 3.28. The molecule has 88 valence electrons. The summed E-state index contributed by atoms with van der Waals surface area (Å²) < 4.78 is 5.68. The van der Waals surface area contributed by atoms with Crippen molar-refractivity contribution in [1.82, 2.24) is 0 Å². The van der Waals surface area contributed by atoms with Gasteiger partial charge in [-0.15, -0.1) is 11.6 Å². The fraction of sp³-hybridized carbons (Fsp3) is 0.538. The Hall–Kier alpha value is -0.730. The van der Waals surface area contributed by atoms with Crippen molar-refractivity contribution in [2.24, 2.45) is 0 Å². The maximum Gasteiger partial charge on any atom is 0.120 e. The molecule has 0 bridgehead atoms. The molecule has 0 saturated heterocycles. The number of ether oxygens (including phenoxy) is 1. The minimum atomic E-state index is -0.429. The highest BCUT2D eigenvalue weighted by Gasteiger charge is 2.23. The van der Waals surface area contributed by atoms with Gasteiger partial charge in [-0.2, -0.15) is 0 Å². The van der Waals surface area contributed by atoms with E-state index in [4.69, 9.17) is 16.3 Å². The van der Waals surface area contributed by atoms with Crippen LogP contribution in [-0.4, -0.2) is 17.1 Å². The Morgan fingerprint density at radius 3 is 2.94 bits per heavy atom. The second-order valence-electron chi connectivity index (χ2n) is 4.24. The van der Waals surface area contributed by atoms with Crippen LogP contribution in [-0.2, 0) is 0 Å². The topological polar surface area (TPSA) is 29.5 Å². The van der Waals surface area contributed by atoms with Gasteiger partial charge in [-0.25, -0.2) is 0 Å². The number of halogens is 1. The van der Waals surface area contributed by atoms with Crippen LogP contribution in [0.25, 0.3) is 0 Å². The molecule has 3 heteroatoms.